The van der Waals surface area contributed by atoms with Gasteiger partial charge in [0.25, 0.3) is 0 Å². The number of rotatable bonds is 3. The van der Waals surface area contributed by atoms with Gasteiger partial charge in [-0.25, -0.2) is 4.98 Å². The molecular weight excluding hydrogens is 334 g/mol. The summed E-state index contributed by atoms with van der Waals surface area (Å²) in [7, 11) is 0. The molecule has 1 saturated heterocycles. The minimum atomic E-state index is 0.450. The number of aromatic nitrogens is 2. The summed E-state index contributed by atoms with van der Waals surface area (Å²) in [6.07, 6.45) is 4.07. The van der Waals surface area contributed by atoms with Crippen molar-refractivity contribution in [2.75, 3.05) is 31.1 Å². The number of anilines is 1. The summed E-state index contributed by atoms with van der Waals surface area (Å²) in [6.45, 7) is 6.43. The second-order valence-electron chi connectivity index (χ2n) is 6.48. The van der Waals surface area contributed by atoms with Gasteiger partial charge in [0.05, 0.1) is 6.20 Å². The van der Waals surface area contributed by atoms with Gasteiger partial charge >= 0.3 is 0 Å². The van der Waals surface area contributed by atoms with Gasteiger partial charge in [-0.15, -0.1) is 0 Å². The summed E-state index contributed by atoms with van der Waals surface area (Å²) < 4.78 is 2.15. The van der Waals surface area contributed by atoms with Crippen LogP contribution in [-0.2, 0) is 6.54 Å². The number of nitrogens with two attached hydrogens (primary N) is 1. The molecule has 2 aromatic heterocycles. The van der Waals surface area contributed by atoms with E-state index in [-0.39, 0.29) is 0 Å². The van der Waals surface area contributed by atoms with Crippen molar-refractivity contribution in [1.82, 2.24) is 14.7 Å². The predicted molar refractivity (Wildman–Crippen MR) is 103 cm³/mol. The molecule has 0 atom stereocenters. The Kier molecular flexibility index (Phi) is 4.37. The molecule has 3 N–H and O–H groups in total. The molecule has 1 aliphatic rings. The second kappa shape index (κ2) is 6.67. The summed E-state index contributed by atoms with van der Waals surface area (Å²) in [6, 6.07) is 8.21. The van der Waals surface area contributed by atoms with E-state index in [4.69, 9.17) is 17.3 Å². The molecule has 0 spiro atoms. The lowest BCUT2D eigenvalue weighted by atomic mass is 10.0. The maximum absolute atomic E-state index is 6.52. The van der Waals surface area contributed by atoms with Gasteiger partial charge in [0.1, 0.15) is 11.5 Å². The van der Waals surface area contributed by atoms with Crippen molar-refractivity contribution in [3.05, 3.63) is 52.8 Å². The Morgan fingerprint density at radius 2 is 2.00 bits per heavy atom. The number of halogens is 1. The van der Waals surface area contributed by atoms with Crippen molar-refractivity contribution in [2.24, 2.45) is 5.73 Å². The first kappa shape index (κ1) is 16.4. The van der Waals surface area contributed by atoms with Gasteiger partial charge in [0, 0.05) is 55.1 Å². The summed E-state index contributed by atoms with van der Waals surface area (Å²) in [5, 5.41) is 4.14. The Bertz CT molecular complexity index is 912. The lowest BCUT2D eigenvalue weighted by molar-refractivity contribution is 0.584. The maximum Gasteiger partial charge on any atom is 0.138 e. The highest BCUT2D eigenvalue weighted by molar-refractivity contribution is 6.33. The van der Waals surface area contributed by atoms with Gasteiger partial charge in [-0.1, -0.05) is 23.7 Å². The highest BCUT2D eigenvalue weighted by Gasteiger charge is 2.17. The van der Waals surface area contributed by atoms with Crippen molar-refractivity contribution >= 4 is 23.1 Å². The van der Waals surface area contributed by atoms with Crippen LogP contribution < -0.4 is 16.0 Å². The monoisotopic (exact) mass is 355 g/mol. The van der Waals surface area contributed by atoms with E-state index in [9.17, 15) is 0 Å². The minimum absolute atomic E-state index is 0.450. The van der Waals surface area contributed by atoms with Gasteiger partial charge in [-0.05, 0) is 30.2 Å². The Morgan fingerprint density at radius 1 is 1.20 bits per heavy atom. The van der Waals surface area contributed by atoms with Crippen LogP contribution >= 0.6 is 11.6 Å². The van der Waals surface area contributed by atoms with Crippen molar-refractivity contribution in [2.45, 2.75) is 13.5 Å². The van der Waals surface area contributed by atoms with Gasteiger partial charge in [0.2, 0.25) is 0 Å². The van der Waals surface area contributed by atoms with E-state index < -0.39 is 0 Å². The summed E-state index contributed by atoms with van der Waals surface area (Å²) >= 11 is 6.52. The highest BCUT2D eigenvalue weighted by Crippen LogP contribution is 2.33. The van der Waals surface area contributed by atoms with Crippen LogP contribution in [0.25, 0.3) is 16.8 Å². The van der Waals surface area contributed by atoms with E-state index in [1.807, 2.05) is 19.2 Å². The van der Waals surface area contributed by atoms with Crippen LogP contribution in [0.2, 0.25) is 5.02 Å². The molecule has 0 bridgehead atoms. The average molecular weight is 356 g/mol. The number of nitrogens with zero attached hydrogens (tertiary/aromatic N) is 3. The molecule has 25 heavy (non-hydrogen) atoms. The molecule has 5 nitrogen and oxygen atoms in total. The first-order chi connectivity index (χ1) is 12.2. The predicted octanol–water partition coefficient (Wildman–Crippen LogP) is 2.83. The van der Waals surface area contributed by atoms with Crippen LogP contribution in [-0.4, -0.2) is 35.6 Å². The smallest absolute Gasteiger partial charge is 0.138 e. The molecule has 0 saturated carbocycles. The first-order valence-corrected chi connectivity index (χ1v) is 8.97. The molecule has 4 rings (SSSR count). The van der Waals surface area contributed by atoms with Crippen LogP contribution in [0.5, 0.6) is 0 Å². The summed E-state index contributed by atoms with van der Waals surface area (Å²) in [5.74, 6) is 1.12. The molecule has 1 aromatic carbocycles. The van der Waals surface area contributed by atoms with Crippen LogP contribution in [0.4, 0.5) is 5.82 Å². The number of nitrogens with one attached hydrogen (secondary N) is 1. The molecule has 1 aliphatic heterocycles. The third kappa shape index (κ3) is 2.99. The van der Waals surface area contributed by atoms with Crippen molar-refractivity contribution in [3.8, 4) is 11.1 Å². The maximum atomic E-state index is 6.52. The minimum Gasteiger partial charge on any atom is -0.354 e. The molecule has 0 unspecified atom stereocenters. The first-order valence-electron chi connectivity index (χ1n) is 8.59. The molecule has 6 heteroatoms. The molecule has 130 valence electrons. The van der Waals surface area contributed by atoms with Gasteiger partial charge in [-0.2, -0.15) is 0 Å². The summed E-state index contributed by atoms with van der Waals surface area (Å²) in [4.78, 5) is 6.95. The zero-order chi connectivity index (χ0) is 17.4. The van der Waals surface area contributed by atoms with Crippen molar-refractivity contribution in [1.29, 1.82) is 0 Å². The lowest BCUT2D eigenvalue weighted by Gasteiger charge is -2.28. The molecule has 0 radical (unpaired) electrons. The molecule has 0 amide bonds. The number of fused-ring (bicyclic) bond motifs is 1. The Labute approximate surface area is 152 Å². The zero-order valence-corrected chi connectivity index (χ0v) is 15.1. The van der Waals surface area contributed by atoms with Crippen LogP contribution in [0, 0.1) is 6.92 Å². The third-order valence-corrected chi connectivity index (χ3v) is 5.10. The standard InChI is InChI=1S/C19H22ClN5/c1-13-2-3-15(17(20)8-13)16-12-25-18(9-14(16)10-21)23-11-19(25)24-6-4-22-5-7-24/h2-3,8-9,11-12,22H,4-7,10,21H2,1H3. The number of imidazole rings is 1. The molecule has 0 aliphatic carbocycles. The van der Waals surface area contributed by atoms with Crippen molar-refractivity contribution in [3.63, 3.8) is 0 Å². The number of hydrogen-bond acceptors (Lipinski definition) is 4. The number of piperazine rings is 1. The number of pyridine rings is 1. The second-order valence-corrected chi connectivity index (χ2v) is 6.89. The Balaban J connectivity index is 1.87. The fourth-order valence-corrected chi connectivity index (χ4v) is 3.77. The highest BCUT2D eigenvalue weighted by atomic mass is 35.5. The van der Waals surface area contributed by atoms with Crippen LogP contribution in [0.3, 0.4) is 0 Å². The van der Waals surface area contributed by atoms with E-state index in [2.05, 4.69) is 44.0 Å². The quantitative estimate of drug-likeness (QED) is 0.758. The average Bonchev–Trinajstić information content (AvgIpc) is 3.04. The van der Waals surface area contributed by atoms with E-state index in [1.165, 1.54) is 0 Å². The largest absolute Gasteiger partial charge is 0.354 e. The zero-order valence-electron chi connectivity index (χ0n) is 14.3. The fraction of sp³-hybridized carbons (Fsp3) is 0.316. The Hall–Kier alpha value is -2.08. The van der Waals surface area contributed by atoms with Gasteiger partial charge in [0.15, 0.2) is 0 Å². The van der Waals surface area contributed by atoms with Crippen LogP contribution in [0.15, 0.2) is 36.7 Å². The Morgan fingerprint density at radius 3 is 2.72 bits per heavy atom. The van der Waals surface area contributed by atoms with E-state index in [1.54, 1.807) is 0 Å². The normalized spacial score (nSPS) is 15.1. The van der Waals surface area contributed by atoms with E-state index in [0.29, 0.717) is 6.54 Å². The van der Waals surface area contributed by atoms with E-state index >= 15 is 0 Å². The topological polar surface area (TPSA) is 58.6 Å². The van der Waals surface area contributed by atoms with Gasteiger partial charge in [-0.3, -0.25) is 4.40 Å². The number of benzene rings is 1. The molecular formula is C19H22ClN5. The molecule has 1 fully saturated rings. The summed E-state index contributed by atoms with van der Waals surface area (Å²) in [5.41, 5.74) is 11.2. The van der Waals surface area contributed by atoms with E-state index in [0.717, 1.165) is 64.9 Å². The molecule has 3 aromatic rings. The molecule has 3 heterocycles. The lowest BCUT2D eigenvalue weighted by Crippen LogP contribution is -2.44. The number of hydrogen-bond donors (Lipinski definition) is 2. The number of aryl methyl sites for hydroxylation is 1. The third-order valence-electron chi connectivity index (χ3n) is 4.79. The van der Waals surface area contributed by atoms with Gasteiger partial charge < -0.3 is 16.0 Å². The SMILES string of the molecule is Cc1ccc(-c2cn3c(N4CCNCC4)cnc3cc2CN)c(Cl)c1. The van der Waals surface area contributed by atoms with Crippen LogP contribution in [0.1, 0.15) is 11.1 Å². The fourth-order valence-electron chi connectivity index (χ4n) is 3.43. The van der Waals surface area contributed by atoms with Crippen molar-refractivity contribution < 1.29 is 0 Å².